The van der Waals surface area contributed by atoms with Crippen LogP contribution in [0.4, 0.5) is 0 Å². The van der Waals surface area contributed by atoms with Gasteiger partial charge in [-0.1, -0.05) is 42.1 Å². The van der Waals surface area contributed by atoms with Crippen molar-refractivity contribution in [3.63, 3.8) is 0 Å². The Morgan fingerprint density at radius 1 is 1.05 bits per heavy atom. The first kappa shape index (κ1) is 13.5. The highest BCUT2D eigenvalue weighted by molar-refractivity contribution is 8.02. The lowest BCUT2D eigenvalue weighted by molar-refractivity contribution is 0.473. The fourth-order valence-electron chi connectivity index (χ4n) is 1.98. The van der Waals surface area contributed by atoms with Gasteiger partial charge in [-0.25, -0.2) is 4.98 Å². The molecule has 3 aromatic rings. The minimum absolute atomic E-state index is 0.256. The number of thioether (sulfide) groups is 1. The van der Waals surface area contributed by atoms with Crippen LogP contribution in [0.5, 0.6) is 5.75 Å². The Labute approximate surface area is 127 Å². The zero-order valence-corrected chi connectivity index (χ0v) is 12.1. The van der Waals surface area contributed by atoms with Crippen LogP contribution in [0.3, 0.4) is 0 Å². The summed E-state index contributed by atoms with van der Waals surface area (Å²) < 4.78 is 1.89. The lowest BCUT2D eigenvalue weighted by atomic mass is 10.1. The molecule has 0 saturated heterocycles. The van der Waals surface area contributed by atoms with E-state index < -0.39 is 0 Å². The van der Waals surface area contributed by atoms with E-state index in [0.717, 1.165) is 16.2 Å². The molecule has 21 heavy (non-hydrogen) atoms. The number of para-hydroxylation sites is 1. The summed E-state index contributed by atoms with van der Waals surface area (Å²) in [5.74, 6) is 0.256. The van der Waals surface area contributed by atoms with Crippen molar-refractivity contribution in [2.45, 2.75) is 4.90 Å². The van der Waals surface area contributed by atoms with Crippen LogP contribution < -0.4 is 0 Å². The van der Waals surface area contributed by atoms with Gasteiger partial charge in [-0.05, 0) is 24.3 Å². The largest absolute Gasteiger partial charge is 0.507 e. The number of phenolic OH excluding ortho intramolecular Hbond substituents is 1. The molecule has 1 heterocycles. The van der Waals surface area contributed by atoms with Crippen molar-refractivity contribution < 1.29 is 5.11 Å². The molecule has 4 heteroatoms. The van der Waals surface area contributed by atoms with Crippen LogP contribution in [0.25, 0.3) is 5.70 Å². The number of hydrogen-bond acceptors (Lipinski definition) is 3. The molecule has 0 aliphatic heterocycles. The van der Waals surface area contributed by atoms with Gasteiger partial charge in [-0.3, -0.25) is 0 Å². The van der Waals surface area contributed by atoms with E-state index in [1.165, 1.54) is 0 Å². The van der Waals surface area contributed by atoms with Gasteiger partial charge in [0.2, 0.25) is 0 Å². The Morgan fingerprint density at radius 3 is 2.52 bits per heavy atom. The molecule has 1 N–H and O–H groups in total. The minimum atomic E-state index is 0.256. The van der Waals surface area contributed by atoms with E-state index in [1.807, 2.05) is 52.6 Å². The number of phenols is 1. The number of aromatic hydroxyl groups is 1. The fourth-order valence-corrected chi connectivity index (χ4v) is 2.79. The van der Waals surface area contributed by atoms with Crippen molar-refractivity contribution in [2.75, 3.05) is 0 Å². The van der Waals surface area contributed by atoms with Gasteiger partial charge < -0.3 is 9.67 Å². The summed E-state index contributed by atoms with van der Waals surface area (Å²) in [6.07, 6.45) is 5.31. The SMILES string of the molecule is Oc1ccccc1C(=CSc1ccccc1)n1ccnc1. The topological polar surface area (TPSA) is 38.0 Å². The monoisotopic (exact) mass is 294 g/mol. The molecule has 3 nitrogen and oxygen atoms in total. The van der Waals surface area contributed by atoms with E-state index >= 15 is 0 Å². The van der Waals surface area contributed by atoms with Crippen molar-refractivity contribution >= 4 is 17.5 Å². The van der Waals surface area contributed by atoms with Gasteiger partial charge in [0.05, 0.1) is 12.0 Å². The van der Waals surface area contributed by atoms with Gasteiger partial charge in [-0.2, -0.15) is 0 Å². The summed E-state index contributed by atoms with van der Waals surface area (Å²) in [6.45, 7) is 0. The average Bonchev–Trinajstić information content (AvgIpc) is 3.04. The standard InChI is InChI=1S/C17H14N2OS/c20-17-9-5-4-8-15(17)16(19-11-10-18-13-19)12-21-14-6-2-1-3-7-14/h1-13,20H. The molecular weight excluding hydrogens is 280 g/mol. The molecule has 2 aromatic carbocycles. The minimum Gasteiger partial charge on any atom is -0.507 e. The van der Waals surface area contributed by atoms with Crippen LogP contribution in [0.1, 0.15) is 5.56 Å². The number of rotatable bonds is 4. The Morgan fingerprint density at radius 2 is 1.81 bits per heavy atom. The predicted octanol–water partition coefficient (Wildman–Crippen LogP) is 4.23. The normalized spacial score (nSPS) is 11.5. The predicted molar refractivity (Wildman–Crippen MR) is 86.0 cm³/mol. The third-order valence-corrected chi connectivity index (χ3v) is 3.90. The summed E-state index contributed by atoms with van der Waals surface area (Å²) in [5, 5.41) is 12.1. The number of hydrogen-bond donors (Lipinski definition) is 1. The zero-order valence-electron chi connectivity index (χ0n) is 11.3. The van der Waals surface area contributed by atoms with Crippen LogP contribution in [0, 0.1) is 0 Å². The van der Waals surface area contributed by atoms with Crippen LogP contribution in [-0.4, -0.2) is 14.7 Å². The van der Waals surface area contributed by atoms with Crippen molar-refractivity contribution in [3.8, 4) is 5.75 Å². The first-order valence-electron chi connectivity index (χ1n) is 6.53. The van der Waals surface area contributed by atoms with Crippen molar-refractivity contribution in [3.05, 3.63) is 84.3 Å². The molecule has 0 atom stereocenters. The highest BCUT2D eigenvalue weighted by Gasteiger charge is 2.08. The van der Waals surface area contributed by atoms with Crippen molar-refractivity contribution in [2.24, 2.45) is 0 Å². The Bertz CT molecular complexity index is 737. The second kappa shape index (κ2) is 6.33. The second-order valence-electron chi connectivity index (χ2n) is 4.42. The molecule has 0 aliphatic rings. The van der Waals surface area contributed by atoms with E-state index in [-0.39, 0.29) is 5.75 Å². The van der Waals surface area contributed by atoms with E-state index in [9.17, 15) is 5.11 Å². The Balaban J connectivity index is 2.00. The molecule has 1 aromatic heterocycles. The van der Waals surface area contributed by atoms with Crippen molar-refractivity contribution in [1.82, 2.24) is 9.55 Å². The van der Waals surface area contributed by atoms with Gasteiger partial charge in [0, 0.05) is 28.3 Å². The smallest absolute Gasteiger partial charge is 0.124 e. The van der Waals surface area contributed by atoms with Gasteiger partial charge in [0.25, 0.3) is 0 Å². The first-order chi connectivity index (χ1) is 10.3. The van der Waals surface area contributed by atoms with Gasteiger partial charge in [0.1, 0.15) is 5.75 Å². The van der Waals surface area contributed by atoms with Gasteiger partial charge in [0.15, 0.2) is 0 Å². The maximum atomic E-state index is 10.1. The Kier molecular flexibility index (Phi) is 4.07. The highest BCUT2D eigenvalue weighted by Crippen LogP contribution is 2.30. The van der Waals surface area contributed by atoms with E-state index in [0.29, 0.717) is 0 Å². The molecule has 0 fully saturated rings. The van der Waals surface area contributed by atoms with Gasteiger partial charge in [-0.15, -0.1) is 0 Å². The fraction of sp³-hybridized carbons (Fsp3) is 0. The number of aromatic nitrogens is 2. The summed E-state index contributed by atoms with van der Waals surface area (Å²) in [5.41, 5.74) is 1.67. The van der Waals surface area contributed by atoms with Crippen LogP contribution in [-0.2, 0) is 0 Å². The number of benzene rings is 2. The third kappa shape index (κ3) is 3.17. The number of nitrogens with zero attached hydrogens (tertiary/aromatic N) is 2. The van der Waals surface area contributed by atoms with Crippen LogP contribution in [0.15, 0.2) is 83.6 Å². The molecule has 0 aliphatic carbocycles. The Hall–Kier alpha value is -2.46. The molecule has 104 valence electrons. The molecule has 3 rings (SSSR count). The molecule has 0 amide bonds. The third-order valence-electron chi connectivity index (χ3n) is 3.01. The first-order valence-corrected chi connectivity index (χ1v) is 7.41. The molecular formula is C17H14N2OS. The van der Waals surface area contributed by atoms with E-state index in [4.69, 9.17) is 0 Å². The maximum absolute atomic E-state index is 10.1. The average molecular weight is 294 g/mol. The summed E-state index contributed by atoms with van der Waals surface area (Å²) in [6, 6.07) is 17.4. The highest BCUT2D eigenvalue weighted by atomic mass is 32.2. The maximum Gasteiger partial charge on any atom is 0.124 e. The van der Waals surface area contributed by atoms with E-state index in [2.05, 4.69) is 17.1 Å². The molecule has 0 unspecified atom stereocenters. The molecule has 0 bridgehead atoms. The van der Waals surface area contributed by atoms with E-state index in [1.54, 1.807) is 30.4 Å². The van der Waals surface area contributed by atoms with Crippen LogP contribution in [0.2, 0.25) is 0 Å². The van der Waals surface area contributed by atoms with Crippen molar-refractivity contribution in [1.29, 1.82) is 0 Å². The summed E-state index contributed by atoms with van der Waals surface area (Å²) >= 11 is 1.61. The summed E-state index contributed by atoms with van der Waals surface area (Å²) in [7, 11) is 0. The zero-order chi connectivity index (χ0) is 14.5. The quantitative estimate of drug-likeness (QED) is 0.732. The molecule has 0 saturated carbocycles. The van der Waals surface area contributed by atoms with Gasteiger partial charge >= 0.3 is 0 Å². The lowest BCUT2D eigenvalue weighted by Gasteiger charge is -2.10. The molecule has 0 spiro atoms. The second-order valence-corrected chi connectivity index (χ2v) is 5.36. The lowest BCUT2D eigenvalue weighted by Crippen LogP contribution is -1.96. The summed E-state index contributed by atoms with van der Waals surface area (Å²) in [4.78, 5) is 5.23. The number of imidazole rings is 1. The molecule has 0 radical (unpaired) electrons. The van der Waals surface area contributed by atoms with Crippen LogP contribution >= 0.6 is 11.8 Å².